The SMILES string of the molecule is CCN1CCCC1CN(Cc1ccc(O)cc1)Cc1ccccn1.O=C(O)CC(O)(CC(=O)O)C(=O)O. The van der Waals surface area contributed by atoms with Crippen LogP contribution in [0.5, 0.6) is 5.75 Å². The van der Waals surface area contributed by atoms with Crippen LogP contribution in [0.4, 0.5) is 0 Å². The van der Waals surface area contributed by atoms with E-state index in [1.807, 2.05) is 24.4 Å². The average molecular weight is 518 g/mol. The van der Waals surface area contributed by atoms with Crippen LogP contribution in [0, 0.1) is 0 Å². The molecule has 1 aliphatic rings. The first kappa shape index (κ1) is 29.7. The predicted octanol–water partition coefficient (Wildman–Crippen LogP) is 2.03. The van der Waals surface area contributed by atoms with Gasteiger partial charge in [-0.25, -0.2) is 4.79 Å². The topological polar surface area (TPSA) is 172 Å². The summed E-state index contributed by atoms with van der Waals surface area (Å²) in [7, 11) is 0. The maximum Gasteiger partial charge on any atom is 0.336 e. The van der Waals surface area contributed by atoms with E-state index in [0.717, 1.165) is 31.9 Å². The van der Waals surface area contributed by atoms with E-state index in [0.29, 0.717) is 11.8 Å². The van der Waals surface area contributed by atoms with Crippen molar-refractivity contribution in [2.24, 2.45) is 0 Å². The van der Waals surface area contributed by atoms with Gasteiger partial charge in [0, 0.05) is 31.9 Å². The minimum Gasteiger partial charge on any atom is -0.508 e. The molecule has 11 nitrogen and oxygen atoms in total. The Morgan fingerprint density at radius 3 is 2.19 bits per heavy atom. The van der Waals surface area contributed by atoms with Crippen LogP contribution in [0.2, 0.25) is 0 Å². The first-order chi connectivity index (χ1) is 17.5. The van der Waals surface area contributed by atoms with Crippen molar-refractivity contribution in [1.82, 2.24) is 14.8 Å². The van der Waals surface area contributed by atoms with E-state index in [1.165, 1.54) is 24.9 Å². The van der Waals surface area contributed by atoms with Crippen LogP contribution in [0.15, 0.2) is 48.7 Å². The lowest BCUT2D eigenvalue weighted by Crippen LogP contribution is -2.42. The van der Waals surface area contributed by atoms with Gasteiger partial charge >= 0.3 is 17.9 Å². The van der Waals surface area contributed by atoms with Gasteiger partial charge in [0.05, 0.1) is 18.5 Å². The molecular weight excluding hydrogens is 482 g/mol. The Morgan fingerprint density at radius 1 is 1.03 bits per heavy atom. The van der Waals surface area contributed by atoms with Crippen LogP contribution in [-0.4, -0.2) is 89.5 Å². The molecule has 5 N–H and O–H groups in total. The number of likely N-dealkylation sites (N-methyl/N-ethyl adjacent to an activating group) is 1. The number of nitrogens with zero attached hydrogens (tertiary/aromatic N) is 3. The quantitative estimate of drug-likeness (QED) is 0.279. The Bertz CT molecular complexity index is 1000. The summed E-state index contributed by atoms with van der Waals surface area (Å²) >= 11 is 0. The second kappa shape index (κ2) is 14.3. The Kier molecular flexibility index (Phi) is 11.4. The highest BCUT2D eigenvalue weighted by atomic mass is 16.4. The number of hydrogen-bond acceptors (Lipinski definition) is 8. The summed E-state index contributed by atoms with van der Waals surface area (Å²) in [5.41, 5.74) is -0.403. The molecule has 0 radical (unpaired) electrons. The third-order valence-electron chi connectivity index (χ3n) is 6.11. The number of hydrogen-bond donors (Lipinski definition) is 5. The zero-order valence-electron chi connectivity index (χ0n) is 20.9. The molecule has 37 heavy (non-hydrogen) atoms. The van der Waals surface area contributed by atoms with Crippen molar-refractivity contribution < 1.29 is 39.9 Å². The number of pyridine rings is 1. The summed E-state index contributed by atoms with van der Waals surface area (Å²) in [6, 6.07) is 14.3. The molecule has 1 aromatic heterocycles. The maximum atomic E-state index is 10.3. The van der Waals surface area contributed by atoms with Gasteiger partial charge in [0.2, 0.25) is 0 Å². The fraction of sp³-hybridized carbons (Fsp3) is 0.462. The molecule has 1 fully saturated rings. The van der Waals surface area contributed by atoms with E-state index < -0.39 is 36.4 Å². The van der Waals surface area contributed by atoms with Crippen molar-refractivity contribution in [3.63, 3.8) is 0 Å². The maximum absolute atomic E-state index is 10.3. The normalized spacial score (nSPS) is 15.7. The standard InChI is InChI=1S/C20H27N3O.C6H8O7/c1-2-23-13-5-7-19(23)16-22(15-18-6-3-4-12-21-18)14-17-8-10-20(24)11-9-17;7-3(8)1-6(13,5(11)12)2-4(9)10/h3-4,6,8-12,19,24H,2,5,7,13-16H2,1H3;13H,1-2H2,(H,7,8)(H,9,10)(H,11,12). The number of carbonyl (C=O) groups is 3. The van der Waals surface area contributed by atoms with E-state index in [1.54, 1.807) is 12.1 Å². The largest absolute Gasteiger partial charge is 0.508 e. The van der Waals surface area contributed by atoms with Crippen LogP contribution in [0.1, 0.15) is 43.9 Å². The van der Waals surface area contributed by atoms with E-state index in [4.69, 9.17) is 20.4 Å². The number of aliphatic hydroxyl groups is 1. The molecule has 0 amide bonds. The van der Waals surface area contributed by atoms with Gasteiger partial charge in [0.15, 0.2) is 5.60 Å². The second-order valence-electron chi connectivity index (χ2n) is 9.06. The van der Waals surface area contributed by atoms with Crippen LogP contribution in [-0.2, 0) is 27.5 Å². The van der Waals surface area contributed by atoms with Crippen molar-refractivity contribution in [1.29, 1.82) is 0 Å². The first-order valence-corrected chi connectivity index (χ1v) is 12.1. The summed E-state index contributed by atoms with van der Waals surface area (Å²) in [5, 5.41) is 43.3. The molecule has 3 rings (SSSR count). The Balaban J connectivity index is 0.000000317. The lowest BCUT2D eigenvalue weighted by molar-refractivity contribution is -0.170. The highest BCUT2D eigenvalue weighted by Crippen LogP contribution is 2.20. The molecule has 1 atom stereocenters. The van der Waals surface area contributed by atoms with Crippen LogP contribution in [0.25, 0.3) is 0 Å². The molecule has 2 aromatic rings. The zero-order valence-corrected chi connectivity index (χ0v) is 20.9. The molecule has 11 heteroatoms. The van der Waals surface area contributed by atoms with Crippen LogP contribution in [0.3, 0.4) is 0 Å². The third-order valence-corrected chi connectivity index (χ3v) is 6.11. The zero-order chi connectivity index (χ0) is 27.4. The van der Waals surface area contributed by atoms with E-state index in [-0.39, 0.29) is 0 Å². The summed E-state index contributed by atoms with van der Waals surface area (Å²) in [6.45, 7) is 7.40. The lowest BCUT2D eigenvalue weighted by atomic mass is 9.96. The number of aliphatic carboxylic acids is 3. The smallest absolute Gasteiger partial charge is 0.336 e. The van der Waals surface area contributed by atoms with Gasteiger partial charge in [0.25, 0.3) is 0 Å². The first-order valence-electron chi connectivity index (χ1n) is 12.1. The lowest BCUT2D eigenvalue weighted by Gasteiger charge is -2.30. The highest BCUT2D eigenvalue weighted by molar-refractivity contribution is 5.88. The van der Waals surface area contributed by atoms with Gasteiger partial charge < -0.3 is 25.5 Å². The van der Waals surface area contributed by atoms with Crippen LogP contribution < -0.4 is 0 Å². The number of carboxylic acid groups (broad SMARTS) is 3. The van der Waals surface area contributed by atoms with Crippen LogP contribution >= 0.6 is 0 Å². The Morgan fingerprint density at radius 2 is 1.68 bits per heavy atom. The van der Waals surface area contributed by atoms with E-state index in [2.05, 4.69) is 33.8 Å². The van der Waals surface area contributed by atoms with Crippen molar-refractivity contribution in [3.05, 3.63) is 59.9 Å². The van der Waals surface area contributed by atoms with Gasteiger partial charge in [-0.3, -0.25) is 24.4 Å². The van der Waals surface area contributed by atoms with Crippen molar-refractivity contribution in [2.45, 2.75) is 57.3 Å². The van der Waals surface area contributed by atoms with Gasteiger partial charge in [0.1, 0.15) is 5.75 Å². The summed E-state index contributed by atoms with van der Waals surface area (Å²) in [4.78, 5) is 40.0. The molecule has 1 unspecified atom stereocenters. The number of carboxylic acids is 3. The summed E-state index contributed by atoms with van der Waals surface area (Å²) in [6.07, 6.45) is 2.16. The number of likely N-dealkylation sites (tertiary alicyclic amines) is 1. The fourth-order valence-electron chi connectivity index (χ4n) is 4.30. The number of benzene rings is 1. The third kappa shape index (κ3) is 10.2. The number of aromatic hydroxyl groups is 1. The number of rotatable bonds is 12. The molecule has 0 aliphatic carbocycles. The van der Waals surface area contributed by atoms with Crippen molar-refractivity contribution >= 4 is 17.9 Å². The van der Waals surface area contributed by atoms with Gasteiger partial charge in [-0.2, -0.15) is 0 Å². The van der Waals surface area contributed by atoms with E-state index in [9.17, 15) is 19.5 Å². The molecule has 1 aromatic carbocycles. The molecule has 1 saturated heterocycles. The van der Waals surface area contributed by atoms with Crippen molar-refractivity contribution in [3.8, 4) is 5.75 Å². The Hall–Kier alpha value is -3.54. The fourth-order valence-corrected chi connectivity index (χ4v) is 4.30. The number of aromatic nitrogens is 1. The molecule has 0 spiro atoms. The predicted molar refractivity (Wildman–Crippen MR) is 134 cm³/mol. The monoisotopic (exact) mass is 517 g/mol. The minimum atomic E-state index is -2.74. The van der Waals surface area contributed by atoms with Gasteiger partial charge in [-0.05, 0) is 55.8 Å². The van der Waals surface area contributed by atoms with E-state index >= 15 is 0 Å². The number of phenols is 1. The van der Waals surface area contributed by atoms with Crippen molar-refractivity contribution in [2.75, 3.05) is 19.6 Å². The summed E-state index contributed by atoms with van der Waals surface area (Å²) < 4.78 is 0. The summed E-state index contributed by atoms with van der Waals surface area (Å²) in [5.74, 6) is -4.70. The average Bonchev–Trinajstić information content (AvgIpc) is 3.27. The highest BCUT2D eigenvalue weighted by Gasteiger charge is 2.40. The molecule has 202 valence electrons. The minimum absolute atomic E-state index is 0.322. The number of phenolic OH excluding ortho intramolecular Hbond substituents is 1. The molecular formula is C26H35N3O8. The van der Waals surface area contributed by atoms with Gasteiger partial charge in [-0.1, -0.05) is 25.1 Å². The molecule has 0 bridgehead atoms. The molecule has 1 aliphatic heterocycles. The second-order valence-corrected chi connectivity index (χ2v) is 9.06. The molecule has 0 saturated carbocycles. The molecule has 2 heterocycles. The Labute approximate surface area is 215 Å². The van der Waals surface area contributed by atoms with Gasteiger partial charge in [-0.15, -0.1) is 0 Å².